The second-order valence-electron chi connectivity index (χ2n) is 7.87. The molecule has 238 valence electrons. The monoisotopic (exact) mass is 715 g/mol. The van der Waals surface area contributed by atoms with Crippen LogP contribution < -0.4 is 0 Å². The first-order chi connectivity index (χ1) is 20.4. The molecular formula is C14H17N15O10S5. The molecule has 0 aromatic heterocycles. The molecule has 1 rings (SSSR count). The zero-order chi connectivity index (χ0) is 34.0. The normalized spacial score (nSPS) is 11.9. The molecular weight excluding hydrogens is 699 g/mol. The molecule has 0 heterocycles. The molecule has 0 bridgehead atoms. The van der Waals surface area contributed by atoms with Crippen molar-refractivity contribution in [1.29, 1.82) is 0 Å². The molecule has 0 saturated heterocycles. The van der Waals surface area contributed by atoms with Gasteiger partial charge >= 0.3 is 0 Å². The van der Waals surface area contributed by atoms with E-state index in [9.17, 15) is 42.1 Å². The summed E-state index contributed by atoms with van der Waals surface area (Å²) >= 11 is 0. The lowest BCUT2D eigenvalue weighted by Crippen LogP contribution is -2.23. The lowest BCUT2D eigenvalue weighted by Gasteiger charge is -2.21. The van der Waals surface area contributed by atoms with Crippen molar-refractivity contribution in [2.75, 3.05) is 0 Å². The van der Waals surface area contributed by atoms with Crippen molar-refractivity contribution in [3.8, 4) is 0 Å². The number of sulfonamides is 5. The van der Waals surface area contributed by atoms with Gasteiger partial charge in [-0.1, -0.05) is 39.0 Å². The Hall–Kier alpha value is -4.48. The van der Waals surface area contributed by atoms with Crippen LogP contribution in [0.4, 0.5) is 0 Å². The summed E-state index contributed by atoms with van der Waals surface area (Å²) in [5.41, 5.74) is 42.7. The van der Waals surface area contributed by atoms with Gasteiger partial charge < -0.3 is 0 Å². The highest BCUT2D eigenvalue weighted by atomic mass is 32.2. The largest absolute Gasteiger partial charge is 0.267 e. The lowest BCUT2D eigenvalue weighted by atomic mass is 10.0. The summed E-state index contributed by atoms with van der Waals surface area (Å²) < 4.78 is 143. The van der Waals surface area contributed by atoms with Crippen LogP contribution in [0.25, 0.3) is 52.2 Å². The van der Waals surface area contributed by atoms with Gasteiger partial charge in [-0.2, -0.15) is 0 Å². The third-order valence-electron chi connectivity index (χ3n) is 5.16. The lowest BCUT2D eigenvalue weighted by molar-refractivity contribution is 0.548. The van der Waals surface area contributed by atoms with Crippen LogP contribution >= 0.6 is 0 Å². The summed E-state index contributed by atoms with van der Waals surface area (Å²) in [7, 11) is -30.4. The molecule has 44 heavy (non-hydrogen) atoms. The van der Waals surface area contributed by atoms with Gasteiger partial charge in [-0.3, -0.25) is 0 Å². The average molecular weight is 716 g/mol. The first-order valence-electron chi connectivity index (χ1n) is 11.2. The van der Waals surface area contributed by atoms with Gasteiger partial charge in [-0.15, -0.1) is 0 Å². The Morgan fingerprint density at radius 1 is 0.432 bits per heavy atom. The number of unbranched alkanes of at least 4 members (excludes halogenated alkanes) is 5. The summed E-state index contributed by atoms with van der Waals surface area (Å²) in [4.78, 5) is -1.67. The van der Waals surface area contributed by atoms with Gasteiger partial charge in [0.05, 0.1) is 9.79 Å². The van der Waals surface area contributed by atoms with Crippen molar-refractivity contribution >= 4 is 50.1 Å². The molecule has 0 fully saturated rings. The van der Waals surface area contributed by atoms with Crippen LogP contribution in [0.2, 0.25) is 0 Å². The highest BCUT2D eigenvalue weighted by molar-refractivity contribution is 7.96. The fourth-order valence-electron chi connectivity index (χ4n) is 3.69. The Bertz CT molecular complexity index is 2030. The maximum atomic E-state index is 13.2. The van der Waals surface area contributed by atoms with E-state index in [4.69, 9.17) is 27.7 Å². The van der Waals surface area contributed by atoms with Crippen molar-refractivity contribution in [3.63, 3.8) is 0 Å². The molecule has 25 nitrogen and oxygen atoms in total. The standard InChI is InChI=1S/C14H17N15O10S5/c1-2-3-4-5-6-7-8-9-10(40(30,31)25-20-15)12(42(34,35)27-22-17)14(44(38,39)29-24-19)13(43(36,37)28-23-18)11(9)41(32,33)26-21-16/h2-8H2,1H3. The van der Waals surface area contributed by atoms with Gasteiger partial charge in [0.2, 0.25) is 0 Å². The van der Waals surface area contributed by atoms with Crippen LogP contribution in [0, 0.1) is 0 Å². The minimum atomic E-state index is -6.24. The Morgan fingerprint density at radius 2 is 0.682 bits per heavy atom. The van der Waals surface area contributed by atoms with Gasteiger partial charge in [0.1, 0.15) is 14.7 Å². The predicted molar refractivity (Wildman–Crippen MR) is 145 cm³/mol. The van der Waals surface area contributed by atoms with E-state index in [1.165, 1.54) is 0 Å². The molecule has 30 heteroatoms. The highest BCUT2D eigenvalue weighted by Gasteiger charge is 2.46. The van der Waals surface area contributed by atoms with Gasteiger partial charge in [-0.05, 0) is 46.1 Å². The Balaban J connectivity index is 5.19. The summed E-state index contributed by atoms with van der Waals surface area (Å²) in [5.74, 6) is 0. The third kappa shape index (κ3) is 8.33. The van der Waals surface area contributed by atoms with Crippen molar-refractivity contribution in [3.05, 3.63) is 57.8 Å². The maximum Gasteiger partial charge on any atom is 0.267 e. The maximum absolute atomic E-state index is 13.2. The van der Waals surface area contributed by atoms with Crippen LogP contribution in [0.15, 0.2) is 47.1 Å². The zero-order valence-corrected chi connectivity index (χ0v) is 25.9. The SMILES string of the molecule is CCCCCCCCc1c(S(=O)(=O)N=[N+]=[N-])c(S(=O)(=O)N=[N+]=[N-])c(S(=O)(=O)N=[N+]=[N-])c(S(=O)(=O)N=[N+]=[N-])c1S(=O)(=O)N=[N+]=[N-]. The van der Waals surface area contributed by atoms with E-state index >= 15 is 0 Å². The van der Waals surface area contributed by atoms with Crippen LogP contribution in [0.3, 0.4) is 0 Å². The van der Waals surface area contributed by atoms with Crippen LogP contribution in [0.1, 0.15) is 51.0 Å². The molecule has 1 aromatic rings. The molecule has 0 atom stereocenters. The minimum absolute atomic E-state index is 0.123. The molecule has 0 aliphatic heterocycles. The fourth-order valence-corrected chi connectivity index (χ4v) is 11.1. The van der Waals surface area contributed by atoms with Crippen LogP contribution in [0.5, 0.6) is 0 Å². The quantitative estimate of drug-likeness (QED) is 0.0933. The zero-order valence-electron chi connectivity index (χ0n) is 21.8. The van der Waals surface area contributed by atoms with Crippen molar-refractivity contribution in [2.45, 2.75) is 76.3 Å². The molecule has 0 aliphatic carbocycles. The second kappa shape index (κ2) is 14.8. The Labute approximate surface area is 248 Å². The topological polar surface area (TPSA) is 415 Å². The molecule has 0 unspecified atom stereocenters. The summed E-state index contributed by atoms with van der Waals surface area (Å²) in [6.45, 7) is 1.86. The van der Waals surface area contributed by atoms with Crippen molar-refractivity contribution < 1.29 is 42.1 Å². The predicted octanol–water partition coefficient (Wildman–Crippen LogP) is 4.58. The minimum Gasteiger partial charge on any atom is -0.216 e. The first-order valence-corrected chi connectivity index (χ1v) is 18.4. The van der Waals surface area contributed by atoms with Gasteiger partial charge in [0, 0.05) is 47.2 Å². The molecule has 1 aromatic carbocycles. The molecule has 0 N–H and O–H groups in total. The number of hydrogen-bond donors (Lipinski definition) is 0. The van der Waals surface area contributed by atoms with E-state index in [-0.39, 0.29) is 12.8 Å². The molecule has 0 saturated carbocycles. The van der Waals surface area contributed by atoms with E-state index in [0.29, 0.717) is 12.8 Å². The summed E-state index contributed by atoms with van der Waals surface area (Å²) in [6.07, 6.45) is 1.34. The smallest absolute Gasteiger partial charge is 0.216 e. The van der Waals surface area contributed by atoms with Crippen LogP contribution in [-0.2, 0) is 56.5 Å². The van der Waals surface area contributed by atoms with E-state index < -0.39 is 86.6 Å². The molecule has 0 radical (unpaired) electrons. The van der Waals surface area contributed by atoms with E-state index in [1.54, 1.807) is 0 Å². The number of azide groups is 5. The first kappa shape index (κ1) is 37.5. The van der Waals surface area contributed by atoms with Gasteiger partial charge in [-0.25, -0.2) is 42.1 Å². The Morgan fingerprint density at radius 3 is 0.977 bits per heavy atom. The number of hydrogen-bond acceptors (Lipinski definition) is 10. The van der Waals surface area contributed by atoms with Crippen molar-refractivity contribution in [1.82, 2.24) is 0 Å². The van der Waals surface area contributed by atoms with Crippen molar-refractivity contribution in [2.24, 2.45) is 22.6 Å². The third-order valence-corrected chi connectivity index (χ3v) is 11.8. The summed E-state index contributed by atoms with van der Waals surface area (Å²) in [5, 5.41) is 0. The second-order valence-corrected chi connectivity index (χ2v) is 15.5. The average Bonchev–Trinajstić information content (AvgIpc) is 2.89. The number of benzene rings is 1. The van der Waals surface area contributed by atoms with Gasteiger partial charge in [0.25, 0.3) is 50.1 Å². The molecule has 0 spiro atoms. The van der Waals surface area contributed by atoms with E-state index in [1.807, 2.05) is 31.5 Å². The summed E-state index contributed by atoms with van der Waals surface area (Å²) in [6, 6.07) is 0. The van der Waals surface area contributed by atoms with E-state index in [0.717, 1.165) is 12.8 Å². The van der Waals surface area contributed by atoms with Crippen LogP contribution in [-0.4, -0.2) is 42.1 Å². The number of rotatable bonds is 17. The Kier molecular flexibility index (Phi) is 12.6. The molecule has 0 amide bonds. The number of nitrogens with zero attached hydrogens (tertiary/aromatic N) is 15. The van der Waals surface area contributed by atoms with Gasteiger partial charge in [0.15, 0.2) is 0 Å². The highest BCUT2D eigenvalue weighted by Crippen LogP contribution is 2.45. The fraction of sp³-hybridized carbons (Fsp3) is 0.571. The van der Waals surface area contributed by atoms with E-state index in [2.05, 4.69) is 22.6 Å². The molecule has 0 aliphatic rings.